The maximum absolute atomic E-state index is 13.2. The maximum Gasteiger partial charge on any atom is 0.409 e. The molecule has 1 aliphatic rings. The van der Waals surface area contributed by atoms with Gasteiger partial charge in [-0.1, -0.05) is 17.4 Å². The predicted octanol–water partition coefficient (Wildman–Crippen LogP) is 4.47. The Hall–Kier alpha value is -2.90. The van der Waals surface area contributed by atoms with Crippen LogP contribution in [0.15, 0.2) is 29.3 Å². The van der Waals surface area contributed by atoms with Gasteiger partial charge in [-0.25, -0.2) is 27.7 Å². The van der Waals surface area contributed by atoms with Crippen molar-refractivity contribution in [2.24, 2.45) is 0 Å². The Morgan fingerprint density at radius 2 is 1.78 bits per heavy atom. The number of thiazole rings is 1. The lowest BCUT2D eigenvalue weighted by Crippen LogP contribution is -2.46. The van der Waals surface area contributed by atoms with Crippen LogP contribution in [0.5, 0.6) is 0 Å². The molecule has 2 aromatic rings. The molecule has 11 nitrogen and oxygen atoms in total. The molecular formula is C24H35N5O6S2. The number of carbonyl (C=O) groups is 2. The molecule has 0 aliphatic carbocycles. The van der Waals surface area contributed by atoms with Gasteiger partial charge >= 0.3 is 12.2 Å². The minimum atomic E-state index is -3.97. The molecule has 0 radical (unpaired) electrons. The van der Waals surface area contributed by atoms with Gasteiger partial charge in [0.05, 0.1) is 9.77 Å². The normalized spacial score (nSPS) is 15.4. The van der Waals surface area contributed by atoms with Crippen LogP contribution in [0, 0.1) is 0 Å². The quantitative estimate of drug-likeness (QED) is 0.409. The van der Waals surface area contributed by atoms with Gasteiger partial charge in [0.25, 0.3) is 0 Å². The van der Waals surface area contributed by atoms with Crippen LogP contribution in [0.1, 0.15) is 54.4 Å². The molecule has 0 spiro atoms. The standard InChI is InChI=1S/C24H35N5O6S2/c1-23(2,3)28-37(33,34)19-13-16(26-21(30)31)7-8-17(19)18-14-25-20(36-18)29-11-9-15(10-12-29)27-22(32)35-24(4,5)6/h7-8,13-15,26,28H,9-12H2,1-6H3,(H,27,32)(H,30,31). The highest BCUT2D eigenvalue weighted by molar-refractivity contribution is 7.89. The smallest absolute Gasteiger partial charge is 0.409 e. The number of nitrogens with one attached hydrogen (secondary N) is 3. The fourth-order valence-electron chi connectivity index (χ4n) is 3.83. The second-order valence-electron chi connectivity index (χ2n) is 10.9. The van der Waals surface area contributed by atoms with Crippen LogP contribution >= 0.6 is 11.3 Å². The topological polar surface area (TPSA) is 150 Å². The summed E-state index contributed by atoms with van der Waals surface area (Å²) in [6.07, 6.45) is 1.35. The first-order valence-corrected chi connectivity index (χ1v) is 14.2. The monoisotopic (exact) mass is 553 g/mol. The van der Waals surface area contributed by atoms with E-state index in [0.29, 0.717) is 23.5 Å². The Morgan fingerprint density at radius 1 is 1.14 bits per heavy atom. The molecule has 2 heterocycles. The van der Waals surface area contributed by atoms with E-state index >= 15 is 0 Å². The van der Waals surface area contributed by atoms with Crippen molar-refractivity contribution >= 4 is 44.4 Å². The molecular weight excluding hydrogens is 518 g/mol. The summed E-state index contributed by atoms with van der Waals surface area (Å²) in [6, 6.07) is 4.41. The number of carbonyl (C=O) groups excluding carboxylic acids is 1. The lowest BCUT2D eigenvalue weighted by atomic mass is 10.1. The summed E-state index contributed by atoms with van der Waals surface area (Å²) < 4.78 is 34.5. The molecule has 0 atom stereocenters. The lowest BCUT2D eigenvalue weighted by molar-refractivity contribution is 0.0497. The van der Waals surface area contributed by atoms with E-state index in [-0.39, 0.29) is 16.6 Å². The predicted molar refractivity (Wildman–Crippen MR) is 144 cm³/mol. The number of hydrogen-bond donors (Lipinski definition) is 4. The molecule has 2 amide bonds. The van der Waals surface area contributed by atoms with Crippen molar-refractivity contribution < 1.29 is 27.9 Å². The third kappa shape index (κ3) is 8.30. The zero-order valence-corrected chi connectivity index (χ0v) is 23.5. The molecule has 1 saturated heterocycles. The molecule has 0 unspecified atom stereocenters. The number of amides is 2. The van der Waals surface area contributed by atoms with Gasteiger partial charge in [0.15, 0.2) is 5.13 Å². The van der Waals surface area contributed by atoms with Gasteiger partial charge in [-0.15, -0.1) is 0 Å². The van der Waals surface area contributed by atoms with Crippen LogP contribution in [0.3, 0.4) is 0 Å². The van der Waals surface area contributed by atoms with Gasteiger partial charge < -0.3 is 20.1 Å². The minimum Gasteiger partial charge on any atom is -0.465 e. The van der Waals surface area contributed by atoms with Crippen LogP contribution < -0.4 is 20.3 Å². The second kappa shape index (κ2) is 10.8. The molecule has 204 valence electrons. The number of hydrogen-bond acceptors (Lipinski definition) is 8. The number of anilines is 2. The number of benzene rings is 1. The van der Waals surface area contributed by atoms with Crippen LogP contribution in [-0.2, 0) is 14.8 Å². The van der Waals surface area contributed by atoms with Crippen molar-refractivity contribution in [1.29, 1.82) is 0 Å². The number of ether oxygens (including phenoxy) is 1. The number of alkyl carbamates (subject to hydrolysis) is 1. The number of piperidine rings is 1. The van der Waals surface area contributed by atoms with E-state index in [1.807, 2.05) is 20.8 Å². The third-order valence-corrected chi connectivity index (χ3v) is 8.10. The molecule has 3 rings (SSSR count). The van der Waals surface area contributed by atoms with Gasteiger partial charge in [-0.3, -0.25) is 5.32 Å². The van der Waals surface area contributed by atoms with E-state index in [0.717, 1.165) is 18.0 Å². The SMILES string of the molecule is CC(C)(C)NS(=O)(=O)c1cc(NC(=O)O)ccc1-c1cnc(N2CCC(NC(=O)OC(C)(C)C)CC2)s1. The Balaban J connectivity index is 1.79. The molecule has 0 bridgehead atoms. The Morgan fingerprint density at radius 3 is 2.35 bits per heavy atom. The molecule has 1 fully saturated rings. The molecule has 1 aromatic carbocycles. The number of sulfonamides is 1. The zero-order valence-electron chi connectivity index (χ0n) is 21.9. The zero-order chi connectivity index (χ0) is 27.6. The van der Waals surface area contributed by atoms with E-state index < -0.39 is 33.3 Å². The fraction of sp³-hybridized carbons (Fsp3) is 0.542. The summed E-state index contributed by atoms with van der Waals surface area (Å²) in [6.45, 7) is 12.0. The highest BCUT2D eigenvalue weighted by atomic mass is 32.2. The van der Waals surface area contributed by atoms with Crippen LogP contribution in [0.4, 0.5) is 20.4 Å². The van der Waals surface area contributed by atoms with E-state index in [2.05, 4.69) is 25.2 Å². The fourth-order valence-corrected chi connectivity index (χ4v) is 6.57. The van der Waals surface area contributed by atoms with Crippen molar-refractivity contribution in [2.75, 3.05) is 23.3 Å². The van der Waals surface area contributed by atoms with Crippen molar-refractivity contribution in [3.63, 3.8) is 0 Å². The molecule has 0 saturated carbocycles. The van der Waals surface area contributed by atoms with Crippen LogP contribution in [0.25, 0.3) is 10.4 Å². The molecule has 4 N–H and O–H groups in total. The Bertz CT molecular complexity index is 1240. The first-order valence-electron chi connectivity index (χ1n) is 11.9. The Kier molecular flexibility index (Phi) is 8.40. The summed E-state index contributed by atoms with van der Waals surface area (Å²) in [5, 5.41) is 14.9. The summed E-state index contributed by atoms with van der Waals surface area (Å²) >= 11 is 1.36. The number of aromatic nitrogens is 1. The Labute approximate surface area is 221 Å². The lowest BCUT2D eigenvalue weighted by Gasteiger charge is -2.32. The molecule has 1 aromatic heterocycles. The van der Waals surface area contributed by atoms with Gasteiger partial charge in [0.2, 0.25) is 10.0 Å². The summed E-state index contributed by atoms with van der Waals surface area (Å²) in [7, 11) is -3.97. The first-order chi connectivity index (χ1) is 17.0. The van der Waals surface area contributed by atoms with Gasteiger partial charge in [0.1, 0.15) is 5.60 Å². The van der Waals surface area contributed by atoms with E-state index in [9.17, 15) is 18.0 Å². The van der Waals surface area contributed by atoms with Crippen molar-refractivity contribution in [3.8, 4) is 10.4 Å². The highest BCUT2D eigenvalue weighted by Crippen LogP contribution is 2.37. The van der Waals surface area contributed by atoms with E-state index in [1.165, 1.54) is 23.5 Å². The summed E-state index contributed by atoms with van der Waals surface area (Å²) in [5.41, 5.74) is -0.713. The number of nitrogens with zero attached hydrogens (tertiary/aromatic N) is 2. The van der Waals surface area contributed by atoms with Crippen molar-refractivity contribution in [3.05, 3.63) is 24.4 Å². The van der Waals surface area contributed by atoms with Crippen molar-refractivity contribution in [1.82, 2.24) is 15.0 Å². The number of rotatable bonds is 6. The van der Waals surface area contributed by atoms with Gasteiger partial charge in [0, 0.05) is 42.1 Å². The molecule has 1 aliphatic heterocycles. The summed E-state index contributed by atoms with van der Waals surface area (Å²) in [4.78, 5) is 30.4. The van der Waals surface area contributed by atoms with Crippen LogP contribution in [-0.4, -0.2) is 61.0 Å². The minimum absolute atomic E-state index is 0.0000281. The average molecular weight is 554 g/mol. The van der Waals surface area contributed by atoms with Crippen LogP contribution in [0.2, 0.25) is 0 Å². The largest absolute Gasteiger partial charge is 0.465 e. The van der Waals surface area contributed by atoms with E-state index in [1.54, 1.807) is 33.0 Å². The van der Waals surface area contributed by atoms with Gasteiger partial charge in [-0.2, -0.15) is 0 Å². The number of carboxylic acid groups (broad SMARTS) is 1. The first kappa shape index (κ1) is 28.7. The third-order valence-electron chi connectivity index (χ3n) is 5.21. The molecule has 37 heavy (non-hydrogen) atoms. The highest BCUT2D eigenvalue weighted by Gasteiger charge is 2.28. The molecule has 13 heteroatoms. The second-order valence-corrected chi connectivity index (χ2v) is 13.6. The summed E-state index contributed by atoms with van der Waals surface area (Å²) in [5.74, 6) is 0. The van der Waals surface area contributed by atoms with Gasteiger partial charge in [-0.05, 0) is 66.5 Å². The van der Waals surface area contributed by atoms with Crippen molar-refractivity contribution in [2.45, 2.75) is 76.5 Å². The van der Waals surface area contributed by atoms with E-state index in [4.69, 9.17) is 9.84 Å². The maximum atomic E-state index is 13.2. The average Bonchev–Trinajstić information content (AvgIpc) is 3.21.